The Morgan fingerprint density at radius 3 is 2.46 bits per heavy atom. The monoisotopic (exact) mass is 338 g/mol. The van der Waals surface area contributed by atoms with Crippen LogP contribution in [-0.2, 0) is 4.79 Å². The summed E-state index contributed by atoms with van der Waals surface area (Å²) in [7, 11) is 0. The standard InChI is InChI=1S/C17H15N5OS/c1-10-3-5-14(6-4-10)21-16(23)11(2)24-17-13(9-19)7-12(8-18)15(20)22-17/h3-7,11H,1-2H3,(H2,20,22)(H,21,23)/p+1/t11-/m1/s1. The van der Waals surface area contributed by atoms with Crippen LogP contribution in [0.3, 0.4) is 0 Å². The maximum atomic E-state index is 12.3. The first-order chi connectivity index (χ1) is 11.4. The molecule has 2 rings (SSSR count). The summed E-state index contributed by atoms with van der Waals surface area (Å²) in [4.78, 5) is 15.1. The molecule has 7 heteroatoms. The van der Waals surface area contributed by atoms with E-state index in [2.05, 4.69) is 10.3 Å². The van der Waals surface area contributed by atoms with Gasteiger partial charge in [-0.15, -0.1) is 0 Å². The molecule has 1 aromatic heterocycles. The average molecular weight is 338 g/mol. The fourth-order valence-electron chi connectivity index (χ4n) is 1.92. The number of thioether (sulfide) groups is 1. The molecule has 2 aromatic rings. The highest BCUT2D eigenvalue weighted by atomic mass is 32.2. The van der Waals surface area contributed by atoms with Crippen molar-refractivity contribution in [3.8, 4) is 12.1 Å². The maximum Gasteiger partial charge on any atom is 0.289 e. The summed E-state index contributed by atoms with van der Waals surface area (Å²) < 4.78 is 0. The number of anilines is 2. The molecule has 0 bridgehead atoms. The van der Waals surface area contributed by atoms with E-state index < -0.39 is 5.25 Å². The molecular formula is C17H16N5OS+. The molecular weight excluding hydrogens is 322 g/mol. The topological polar surface area (TPSA) is 117 Å². The van der Waals surface area contributed by atoms with Crippen LogP contribution in [0, 0.1) is 29.6 Å². The van der Waals surface area contributed by atoms with Crippen LogP contribution in [0.25, 0.3) is 0 Å². The first-order valence-corrected chi connectivity index (χ1v) is 8.02. The van der Waals surface area contributed by atoms with Crippen molar-refractivity contribution in [2.45, 2.75) is 24.1 Å². The zero-order valence-corrected chi connectivity index (χ0v) is 14.1. The molecule has 1 heterocycles. The van der Waals surface area contributed by atoms with Crippen molar-refractivity contribution in [1.29, 1.82) is 10.5 Å². The lowest BCUT2D eigenvalue weighted by molar-refractivity contribution is -0.410. The molecule has 0 radical (unpaired) electrons. The summed E-state index contributed by atoms with van der Waals surface area (Å²) in [5, 5.41) is 21.0. The Morgan fingerprint density at radius 2 is 1.88 bits per heavy atom. The van der Waals surface area contributed by atoms with Crippen molar-refractivity contribution in [2.24, 2.45) is 0 Å². The lowest BCUT2D eigenvalue weighted by Gasteiger charge is -2.11. The van der Waals surface area contributed by atoms with Gasteiger partial charge in [0.25, 0.3) is 5.82 Å². The zero-order chi connectivity index (χ0) is 17.7. The molecule has 0 unspecified atom stereocenters. The Labute approximate surface area is 144 Å². The van der Waals surface area contributed by atoms with Crippen LogP contribution < -0.4 is 16.0 Å². The molecule has 0 aliphatic rings. The average Bonchev–Trinajstić information content (AvgIpc) is 2.57. The zero-order valence-electron chi connectivity index (χ0n) is 13.3. The molecule has 120 valence electrons. The molecule has 1 amide bonds. The fourth-order valence-corrected chi connectivity index (χ4v) is 2.84. The van der Waals surface area contributed by atoms with Crippen molar-refractivity contribution in [1.82, 2.24) is 0 Å². The van der Waals surface area contributed by atoms with Crippen LogP contribution in [0.15, 0.2) is 35.4 Å². The third-order valence-electron chi connectivity index (χ3n) is 3.30. The summed E-state index contributed by atoms with van der Waals surface area (Å²) in [5.74, 6) is -0.0192. The quantitative estimate of drug-likeness (QED) is 0.829. The van der Waals surface area contributed by atoms with Crippen LogP contribution in [0.2, 0.25) is 0 Å². The number of carbonyl (C=O) groups excluding carboxylic acids is 1. The lowest BCUT2D eigenvalue weighted by atomic mass is 10.2. The number of nitrogens with one attached hydrogen (secondary N) is 2. The second kappa shape index (κ2) is 7.49. The number of aromatic nitrogens is 1. The van der Waals surface area contributed by atoms with Gasteiger partial charge in [-0.2, -0.15) is 10.5 Å². The number of hydrogen-bond acceptors (Lipinski definition) is 5. The van der Waals surface area contributed by atoms with Crippen molar-refractivity contribution < 1.29 is 9.78 Å². The third-order valence-corrected chi connectivity index (χ3v) is 4.42. The van der Waals surface area contributed by atoms with Gasteiger partial charge in [-0.3, -0.25) is 10.5 Å². The minimum absolute atomic E-state index is 0.171. The number of benzene rings is 1. The largest absolute Gasteiger partial charge is 0.325 e. The van der Waals surface area contributed by atoms with E-state index in [0.29, 0.717) is 10.7 Å². The molecule has 0 fully saturated rings. The predicted octanol–water partition coefficient (Wildman–Crippen LogP) is 2.25. The molecule has 0 aliphatic carbocycles. The number of nitrogen functional groups attached to an aromatic ring is 1. The van der Waals surface area contributed by atoms with Gasteiger partial charge in [0.05, 0.1) is 5.25 Å². The number of carbonyl (C=O) groups is 1. The number of amides is 1. The van der Waals surface area contributed by atoms with Crippen molar-refractivity contribution in [3.63, 3.8) is 0 Å². The Hall–Kier alpha value is -3.03. The molecule has 4 N–H and O–H groups in total. The van der Waals surface area contributed by atoms with E-state index in [9.17, 15) is 10.1 Å². The first-order valence-electron chi connectivity index (χ1n) is 7.14. The molecule has 0 aliphatic heterocycles. The van der Waals surface area contributed by atoms with Gasteiger partial charge in [0, 0.05) is 5.69 Å². The number of aromatic amines is 1. The minimum atomic E-state index is -0.456. The Kier molecular flexibility index (Phi) is 5.41. The lowest BCUT2D eigenvalue weighted by Crippen LogP contribution is -2.25. The third kappa shape index (κ3) is 4.03. The van der Waals surface area contributed by atoms with E-state index in [4.69, 9.17) is 11.0 Å². The van der Waals surface area contributed by atoms with Gasteiger partial charge in [0.15, 0.2) is 5.03 Å². The summed E-state index contributed by atoms with van der Waals surface area (Å²) >= 11 is 1.18. The minimum Gasteiger partial charge on any atom is -0.325 e. The van der Waals surface area contributed by atoms with Crippen LogP contribution in [-0.4, -0.2) is 11.2 Å². The number of pyridine rings is 1. The highest BCUT2D eigenvalue weighted by molar-refractivity contribution is 8.00. The van der Waals surface area contributed by atoms with E-state index in [1.807, 2.05) is 43.3 Å². The van der Waals surface area contributed by atoms with Gasteiger partial charge in [-0.1, -0.05) is 29.5 Å². The van der Waals surface area contributed by atoms with Crippen LogP contribution >= 0.6 is 11.8 Å². The van der Waals surface area contributed by atoms with Crippen molar-refractivity contribution >= 4 is 29.2 Å². The maximum absolute atomic E-state index is 12.3. The summed E-state index contributed by atoms with van der Waals surface area (Å²) in [6.45, 7) is 3.70. The van der Waals surface area contributed by atoms with Gasteiger partial charge < -0.3 is 5.32 Å². The summed E-state index contributed by atoms with van der Waals surface area (Å²) in [6, 6.07) is 12.8. The Balaban J connectivity index is 2.14. The number of H-pyrrole nitrogens is 1. The van der Waals surface area contributed by atoms with Gasteiger partial charge in [-0.25, -0.2) is 4.98 Å². The van der Waals surface area contributed by atoms with Gasteiger partial charge in [0.2, 0.25) is 5.91 Å². The Morgan fingerprint density at radius 1 is 1.25 bits per heavy atom. The number of aryl methyl sites for hydroxylation is 1. The molecule has 1 aromatic carbocycles. The second-order valence-electron chi connectivity index (χ2n) is 5.18. The van der Waals surface area contributed by atoms with Gasteiger partial charge in [0.1, 0.15) is 23.3 Å². The molecule has 0 saturated heterocycles. The van der Waals surface area contributed by atoms with Crippen LogP contribution in [0.5, 0.6) is 0 Å². The van der Waals surface area contributed by atoms with Gasteiger partial charge in [-0.05, 0) is 32.0 Å². The summed E-state index contributed by atoms with van der Waals surface area (Å²) in [5.41, 5.74) is 8.04. The van der Waals surface area contributed by atoms with Crippen molar-refractivity contribution in [3.05, 3.63) is 47.0 Å². The normalized spacial score (nSPS) is 11.2. The first kappa shape index (κ1) is 17.3. The fraction of sp³-hybridized carbons (Fsp3) is 0.176. The van der Waals surface area contributed by atoms with E-state index >= 15 is 0 Å². The summed E-state index contributed by atoms with van der Waals surface area (Å²) in [6.07, 6.45) is 0. The Bertz CT molecular complexity index is 849. The predicted molar refractivity (Wildman–Crippen MR) is 92.0 cm³/mol. The number of nitrogens with two attached hydrogens (primary N) is 1. The van der Waals surface area contributed by atoms with E-state index in [1.165, 1.54) is 17.8 Å². The highest BCUT2D eigenvalue weighted by Crippen LogP contribution is 2.25. The van der Waals surface area contributed by atoms with E-state index in [-0.39, 0.29) is 22.9 Å². The van der Waals surface area contributed by atoms with E-state index in [1.54, 1.807) is 6.92 Å². The van der Waals surface area contributed by atoms with E-state index in [0.717, 1.165) is 5.56 Å². The SMILES string of the molecule is Cc1ccc(NC(=O)[C@@H](C)Sc2[nH+]c(N)c(C#N)cc2C#N)cc1. The molecule has 0 spiro atoms. The molecule has 24 heavy (non-hydrogen) atoms. The van der Waals surface area contributed by atoms with Crippen LogP contribution in [0.4, 0.5) is 11.5 Å². The molecule has 6 nitrogen and oxygen atoms in total. The number of nitriles is 2. The molecule has 1 atom stereocenters. The van der Waals surface area contributed by atoms with Gasteiger partial charge >= 0.3 is 0 Å². The van der Waals surface area contributed by atoms with Crippen LogP contribution in [0.1, 0.15) is 23.6 Å². The second-order valence-corrected chi connectivity index (χ2v) is 6.53. The van der Waals surface area contributed by atoms with Crippen molar-refractivity contribution in [2.75, 3.05) is 11.1 Å². The number of nitrogens with zero attached hydrogens (tertiary/aromatic N) is 2. The number of hydrogen-bond donors (Lipinski definition) is 2. The number of rotatable bonds is 4. The smallest absolute Gasteiger partial charge is 0.289 e. The highest BCUT2D eigenvalue weighted by Gasteiger charge is 2.21. The molecule has 0 saturated carbocycles.